The van der Waals surface area contributed by atoms with Gasteiger partial charge in [-0.3, -0.25) is 0 Å². The van der Waals surface area contributed by atoms with Crippen LogP contribution >= 0.6 is 0 Å². The van der Waals surface area contributed by atoms with Gasteiger partial charge in [0.1, 0.15) is 0 Å². The van der Waals surface area contributed by atoms with Crippen molar-refractivity contribution in [1.29, 1.82) is 0 Å². The van der Waals surface area contributed by atoms with Crippen LogP contribution in [0.1, 0.15) is 58.8 Å². The molecule has 3 nitrogen and oxygen atoms in total. The van der Waals surface area contributed by atoms with Gasteiger partial charge in [-0.1, -0.05) is 26.7 Å². The second kappa shape index (κ2) is 5.91. The Hall–Kier alpha value is -0.0900. The van der Waals surface area contributed by atoms with E-state index in [2.05, 4.69) is 19.2 Å². The Kier molecular flexibility index (Phi) is 4.70. The summed E-state index contributed by atoms with van der Waals surface area (Å²) < 4.78 is 25.3. The van der Waals surface area contributed by atoms with Crippen molar-refractivity contribution >= 4 is 9.84 Å². The van der Waals surface area contributed by atoms with Gasteiger partial charge in [0.2, 0.25) is 0 Å². The summed E-state index contributed by atoms with van der Waals surface area (Å²) >= 11 is 0. The number of hydrogen-bond donors (Lipinski definition) is 1. The molecule has 106 valence electrons. The van der Waals surface area contributed by atoms with Crippen molar-refractivity contribution in [2.45, 2.75) is 75.3 Å². The standard InChI is InChI=1S/C14H27NO2S/c1-3-15-12-7-8-14(10-12)18(16,17)13-6-4-5-11(2)9-13/h11-15H,3-10H2,1-2H3. The highest BCUT2D eigenvalue weighted by molar-refractivity contribution is 7.92. The van der Waals surface area contributed by atoms with Crippen molar-refractivity contribution in [3.8, 4) is 0 Å². The smallest absolute Gasteiger partial charge is 0.156 e. The molecule has 2 saturated carbocycles. The zero-order valence-electron chi connectivity index (χ0n) is 11.7. The molecule has 2 aliphatic carbocycles. The van der Waals surface area contributed by atoms with Gasteiger partial charge in [0.15, 0.2) is 9.84 Å². The molecule has 0 aromatic carbocycles. The lowest BCUT2D eigenvalue weighted by atomic mass is 9.91. The minimum atomic E-state index is -2.89. The molecular formula is C14H27NO2S. The summed E-state index contributed by atoms with van der Waals surface area (Å²) in [6.07, 6.45) is 6.82. The van der Waals surface area contributed by atoms with E-state index in [1.807, 2.05) is 0 Å². The Morgan fingerprint density at radius 1 is 1.06 bits per heavy atom. The highest BCUT2D eigenvalue weighted by Gasteiger charge is 2.40. The number of hydrogen-bond acceptors (Lipinski definition) is 3. The fourth-order valence-corrected chi connectivity index (χ4v) is 6.26. The third kappa shape index (κ3) is 3.08. The molecule has 1 N–H and O–H groups in total. The number of rotatable bonds is 4. The zero-order chi connectivity index (χ0) is 13.2. The fraction of sp³-hybridized carbons (Fsp3) is 1.00. The predicted molar refractivity (Wildman–Crippen MR) is 75.4 cm³/mol. The van der Waals surface area contributed by atoms with E-state index >= 15 is 0 Å². The van der Waals surface area contributed by atoms with Crippen LogP contribution in [-0.2, 0) is 9.84 Å². The van der Waals surface area contributed by atoms with Gasteiger partial charge < -0.3 is 5.32 Å². The van der Waals surface area contributed by atoms with E-state index in [9.17, 15) is 8.42 Å². The summed E-state index contributed by atoms with van der Waals surface area (Å²) in [6.45, 7) is 5.22. The number of nitrogens with one attached hydrogen (secondary N) is 1. The topological polar surface area (TPSA) is 46.2 Å². The van der Waals surface area contributed by atoms with Crippen LogP contribution in [0.4, 0.5) is 0 Å². The van der Waals surface area contributed by atoms with Crippen LogP contribution in [0, 0.1) is 5.92 Å². The third-order valence-electron chi connectivity index (χ3n) is 4.69. The van der Waals surface area contributed by atoms with Crippen molar-refractivity contribution in [1.82, 2.24) is 5.32 Å². The molecule has 0 aromatic rings. The van der Waals surface area contributed by atoms with E-state index in [0.29, 0.717) is 12.0 Å². The molecule has 2 rings (SSSR count). The minimum absolute atomic E-state index is 0.0494. The van der Waals surface area contributed by atoms with Crippen molar-refractivity contribution in [3.63, 3.8) is 0 Å². The van der Waals surface area contributed by atoms with Crippen molar-refractivity contribution < 1.29 is 8.42 Å². The first kappa shape index (κ1) is 14.3. The molecule has 0 spiro atoms. The summed E-state index contributed by atoms with van der Waals surface area (Å²) in [4.78, 5) is 0. The van der Waals surface area contributed by atoms with Gasteiger partial charge >= 0.3 is 0 Å². The van der Waals surface area contributed by atoms with Gasteiger partial charge in [0.25, 0.3) is 0 Å². The molecular weight excluding hydrogens is 246 g/mol. The first-order valence-electron chi connectivity index (χ1n) is 7.50. The lowest BCUT2D eigenvalue weighted by molar-refractivity contribution is 0.379. The molecule has 0 amide bonds. The molecule has 0 radical (unpaired) electrons. The van der Waals surface area contributed by atoms with Crippen LogP contribution in [0.15, 0.2) is 0 Å². The van der Waals surface area contributed by atoms with E-state index in [1.165, 1.54) is 6.42 Å². The largest absolute Gasteiger partial charge is 0.314 e. The van der Waals surface area contributed by atoms with E-state index in [4.69, 9.17) is 0 Å². The summed E-state index contributed by atoms with van der Waals surface area (Å²) in [6, 6.07) is 0.427. The summed E-state index contributed by atoms with van der Waals surface area (Å²) in [7, 11) is -2.89. The van der Waals surface area contributed by atoms with Crippen molar-refractivity contribution in [3.05, 3.63) is 0 Å². The fourth-order valence-electron chi connectivity index (χ4n) is 3.66. The summed E-state index contributed by atoms with van der Waals surface area (Å²) in [5.74, 6) is 0.587. The monoisotopic (exact) mass is 273 g/mol. The minimum Gasteiger partial charge on any atom is -0.314 e. The lowest BCUT2D eigenvalue weighted by Crippen LogP contribution is -2.35. The van der Waals surface area contributed by atoms with Crippen LogP contribution in [0.3, 0.4) is 0 Å². The van der Waals surface area contributed by atoms with Gasteiger partial charge in [-0.15, -0.1) is 0 Å². The molecule has 0 saturated heterocycles. The van der Waals surface area contributed by atoms with Gasteiger partial charge in [0.05, 0.1) is 10.5 Å². The van der Waals surface area contributed by atoms with E-state index in [-0.39, 0.29) is 10.5 Å². The Morgan fingerprint density at radius 3 is 2.44 bits per heavy atom. The van der Waals surface area contributed by atoms with Crippen LogP contribution in [-0.4, -0.2) is 31.5 Å². The molecule has 0 heterocycles. The van der Waals surface area contributed by atoms with E-state index < -0.39 is 9.84 Å². The van der Waals surface area contributed by atoms with Crippen LogP contribution in [0.5, 0.6) is 0 Å². The zero-order valence-corrected chi connectivity index (χ0v) is 12.5. The molecule has 4 unspecified atom stereocenters. The van der Waals surface area contributed by atoms with E-state index in [0.717, 1.165) is 45.1 Å². The highest BCUT2D eigenvalue weighted by atomic mass is 32.2. The first-order valence-corrected chi connectivity index (χ1v) is 9.11. The maximum Gasteiger partial charge on any atom is 0.156 e. The molecule has 4 atom stereocenters. The Bertz CT molecular complexity index is 366. The predicted octanol–water partition coefficient (Wildman–Crippen LogP) is 2.51. The quantitative estimate of drug-likeness (QED) is 0.856. The average molecular weight is 273 g/mol. The van der Waals surface area contributed by atoms with Crippen LogP contribution in [0.25, 0.3) is 0 Å². The Labute approximate surface area is 112 Å². The maximum atomic E-state index is 12.7. The Balaban J connectivity index is 1.98. The second-order valence-electron chi connectivity index (χ2n) is 6.17. The summed E-state index contributed by atoms with van der Waals surface area (Å²) in [5, 5.41) is 3.27. The molecule has 0 aromatic heterocycles. The molecule has 0 bridgehead atoms. The van der Waals surface area contributed by atoms with Gasteiger partial charge in [0, 0.05) is 6.04 Å². The van der Waals surface area contributed by atoms with Crippen molar-refractivity contribution in [2.24, 2.45) is 5.92 Å². The van der Waals surface area contributed by atoms with Gasteiger partial charge in [-0.2, -0.15) is 0 Å². The van der Waals surface area contributed by atoms with Gasteiger partial charge in [-0.25, -0.2) is 8.42 Å². The van der Waals surface area contributed by atoms with Crippen molar-refractivity contribution in [2.75, 3.05) is 6.54 Å². The number of sulfone groups is 1. The first-order chi connectivity index (χ1) is 8.54. The second-order valence-corrected chi connectivity index (χ2v) is 8.68. The van der Waals surface area contributed by atoms with Crippen LogP contribution in [0.2, 0.25) is 0 Å². The normalized spacial score (nSPS) is 37.9. The van der Waals surface area contributed by atoms with E-state index in [1.54, 1.807) is 0 Å². The third-order valence-corrected chi connectivity index (χ3v) is 7.41. The average Bonchev–Trinajstić information content (AvgIpc) is 2.79. The van der Waals surface area contributed by atoms with Gasteiger partial charge in [-0.05, 0) is 44.6 Å². The molecule has 2 fully saturated rings. The molecule has 0 aliphatic heterocycles. The lowest BCUT2D eigenvalue weighted by Gasteiger charge is -2.28. The molecule has 2 aliphatic rings. The summed E-state index contributed by atoms with van der Waals surface area (Å²) in [5.41, 5.74) is 0. The Morgan fingerprint density at radius 2 is 1.78 bits per heavy atom. The SMILES string of the molecule is CCNC1CCC(S(=O)(=O)C2CCCC(C)C2)C1. The molecule has 4 heteroatoms. The highest BCUT2D eigenvalue weighted by Crippen LogP contribution is 2.35. The molecule has 18 heavy (non-hydrogen) atoms. The van der Waals surface area contributed by atoms with Crippen LogP contribution < -0.4 is 5.32 Å². The maximum absolute atomic E-state index is 12.7.